The Morgan fingerprint density at radius 1 is 1.24 bits per heavy atom. The molecule has 0 atom stereocenters. The molecule has 2 rings (SSSR count). The molecule has 0 saturated carbocycles. The number of ether oxygens (including phenoxy) is 1. The molecule has 0 radical (unpaired) electrons. The Morgan fingerprint density at radius 2 is 2.00 bits per heavy atom. The fraction of sp³-hybridized carbons (Fsp3) is 0.267. The van der Waals surface area contributed by atoms with Gasteiger partial charge in [-0.15, -0.1) is 0 Å². The summed E-state index contributed by atoms with van der Waals surface area (Å²) >= 11 is 13.9. The van der Waals surface area contributed by atoms with Crippen LogP contribution in [-0.2, 0) is 0 Å². The molecular weight excluding hydrogens is 327 g/mol. The van der Waals surface area contributed by atoms with Crippen molar-refractivity contribution in [2.24, 2.45) is 0 Å². The van der Waals surface area contributed by atoms with Gasteiger partial charge in [-0.2, -0.15) is 0 Å². The van der Waals surface area contributed by atoms with Gasteiger partial charge in [-0.25, -0.2) is 4.98 Å². The lowest BCUT2D eigenvalue weighted by Crippen LogP contribution is -2.03. The highest BCUT2D eigenvalue weighted by Crippen LogP contribution is 2.39. The van der Waals surface area contributed by atoms with Gasteiger partial charge in [-0.1, -0.05) is 54.0 Å². The molecular formula is C15H16Cl2N2OS. The van der Waals surface area contributed by atoms with Gasteiger partial charge in [-0.3, -0.25) is 0 Å². The van der Waals surface area contributed by atoms with Crippen LogP contribution in [0.5, 0.6) is 5.75 Å². The zero-order chi connectivity index (χ0) is 15.2. The molecule has 1 aromatic carbocycles. The van der Waals surface area contributed by atoms with E-state index in [1.807, 2.05) is 24.3 Å². The van der Waals surface area contributed by atoms with Crippen LogP contribution in [0.25, 0.3) is 0 Å². The molecule has 2 aromatic rings. The first-order valence-electron chi connectivity index (χ1n) is 6.56. The van der Waals surface area contributed by atoms with E-state index in [1.165, 1.54) is 11.8 Å². The molecule has 0 aliphatic heterocycles. The zero-order valence-electron chi connectivity index (χ0n) is 11.8. The number of halogens is 2. The molecule has 0 fully saturated rings. The van der Waals surface area contributed by atoms with Crippen molar-refractivity contribution in [2.75, 3.05) is 19.0 Å². The number of pyridine rings is 1. The Kier molecular flexibility index (Phi) is 6.03. The van der Waals surface area contributed by atoms with Gasteiger partial charge in [0.05, 0.1) is 22.1 Å². The first kappa shape index (κ1) is 16.3. The predicted molar refractivity (Wildman–Crippen MR) is 90.2 cm³/mol. The first-order valence-corrected chi connectivity index (χ1v) is 8.13. The second-order valence-electron chi connectivity index (χ2n) is 4.29. The Balaban J connectivity index is 2.30. The van der Waals surface area contributed by atoms with Crippen LogP contribution < -0.4 is 10.1 Å². The fourth-order valence-electron chi connectivity index (χ4n) is 1.70. The zero-order valence-corrected chi connectivity index (χ0v) is 14.1. The van der Waals surface area contributed by atoms with Crippen LogP contribution in [0, 0.1) is 0 Å². The van der Waals surface area contributed by atoms with Crippen molar-refractivity contribution in [3.05, 3.63) is 40.4 Å². The van der Waals surface area contributed by atoms with Crippen molar-refractivity contribution in [3.63, 3.8) is 0 Å². The average molecular weight is 343 g/mol. The minimum atomic E-state index is 0.526. The third-order valence-electron chi connectivity index (χ3n) is 2.72. The van der Waals surface area contributed by atoms with E-state index < -0.39 is 0 Å². The number of rotatable bonds is 6. The quantitative estimate of drug-likeness (QED) is 0.765. The van der Waals surface area contributed by atoms with E-state index in [4.69, 9.17) is 27.9 Å². The van der Waals surface area contributed by atoms with E-state index in [0.717, 1.165) is 23.6 Å². The number of nitrogens with one attached hydrogen (secondary N) is 1. The maximum atomic E-state index is 6.24. The monoisotopic (exact) mass is 342 g/mol. The summed E-state index contributed by atoms with van der Waals surface area (Å²) in [6.45, 7) is 2.90. The number of hydrogen-bond acceptors (Lipinski definition) is 4. The van der Waals surface area contributed by atoms with E-state index in [2.05, 4.69) is 17.2 Å². The molecule has 0 saturated heterocycles. The smallest absolute Gasteiger partial charge is 0.146 e. The number of methoxy groups -OCH3 is 1. The van der Waals surface area contributed by atoms with Crippen LogP contribution in [-0.4, -0.2) is 18.6 Å². The fourth-order valence-corrected chi connectivity index (χ4v) is 3.14. The Hall–Kier alpha value is -1.10. The number of anilines is 1. The highest BCUT2D eigenvalue weighted by molar-refractivity contribution is 7.99. The van der Waals surface area contributed by atoms with Crippen LogP contribution in [0.15, 0.2) is 40.3 Å². The Labute approximate surface area is 139 Å². The average Bonchev–Trinajstić information content (AvgIpc) is 2.49. The predicted octanol–water partition coefficient (Wildman–Crippen LogP) is 5.37. The van der Waals surface area contributed by atoms with Crippen LogP contribution in [0.2, 0.25) is 10.0 Å². The molecule has 0 spiro atoms. The van der Waals surface area contributed by atoms with E-state index in [-0.39, 0.29) is 0 Å². The number of benzene rings is 1. The summed E-state index contributed by atoms with van der Waals surface area (Å²) < 4.78 is 5.34. The summed E-state index contributed by atoms with van der Waals surface area (Å²) in [6, 6.07) is 9.46. The molecule has 6 heteroatoms. The van der Waals surface area contributed by atoms with Gasteiger partial charge in [0.25, 0.3) is 0 Å². The standard InChI is InChI=1S/C15H16Cl2N2OS/c1-3-8-18-14-10(16)9-11(17)15(19-14)21-13-7-5-4-6-12(13)20-2/h4-7,9H,3,8H2,1-2H3,(H,18,19). The molecule has 1 N–H and O–H groups in total. The van der Waals surface area contributed by atoms with Gasteiger partial charge in [0.1, 0.15) is 16.6 Å². The lowest BCUT2D eigenvalue weighted by Gasteiger charge is -2.11. The van der Waals surface area contributed by atoms with E-state index in [0.29, 0.717) is 20.9 Å². The van der Waals surface area contributed by atoms with Crippen molar-refractivity contribution in [1.29, 1.82) is 0 Å². The van der Waals surface area contributed by atoms with Crippen LogP contribution in [0.4, 0.5) is 5.82 Å². The largest absolute Gasteiger partial charge is 0.496 e. The highest BCUT2D eigenvalue weighted by atomic mass is 35.5. The lowest BCUT2D eigenvalue weighted by atomic mass is 10.3. The first-order chi connectivity index (χ1) is 10.2. The summed E-state index contributed by atoms with van der Waals surface area (Å²) in [7, 11) is 1.64. The number of aromatic nitrogens is 1. The van der Waals surface area contributed by atoms with E-state index in [1.54, 1.807) is 13.2 Å². The molecule has 0 unspecified atom stereocenters. The van der Waals surface area contributed by atoms with Gasteiger partial charge < -0.3 is 10.1 Å². The second kappa shape index (κ2) is 7.78. The summed E-state index contributed by atoms with van der Waals surface area (Å²) in [5.74, 6) is 1.44. The maximum absolute atomic E-state index is 6.24. The normalized spacial score (nSPS) is 10.5. The van der Waals surface area contributed by atoms with Crippen molar-refractivity contribution in [2.45, 2.75) is 23.3 Å². The molecule has 0 aliphatic carbocycles. The van der Waals surface area contributed by atoms with Gasteiger partial charge in [0.2, 0.25) is 0 Å². The van der Waals surface area contributed by atoms with Gasteiger partial charge in [-0.05, 0) is 24.6 Å². The summed E-state index contributed by atoms with van der Waals surface area (Å²) in [4.78, 5) is 5.47. The molecule has 1 heterocycles. The van der Waals surface area contributed by atoms with Crippen LogP contribution in [0.1, 0.15) is 13.3 Å². The molecule has 21 heavy (non-hydrogen) atoms. The molecule has 0 amide bonds. The summed E-state index contributed by atoms with van der Waals surface area (Å²) in [5, 5.41) is 4.95. The Bertz CT molecular complexity index is 623. The van der Waals surface area contributed by atoms with Crippen LogP contribution >= 0.6 is 35.0 Å². The maximum Gasteiger partial charge on any atom is 0.146 e. The lowest BCUT2D eigenvalue weighted by molar-refractivity contribution is 0.405. The minimum absolute atomic E-state index is 0.526. The van der Waals surface area contributed by atoms with Crippen LogP contribution in [0.3, 0.4) is 0 Å². The van der Waals surface area contributed by atoms with Crippen molar-refractivity contribution in [3.8, 4) is 5.75 Å². The highest BCUT2D eigenvalue weighted by Gasteiger charge is 2.12. The Morgan fingerprint density at radius 3 is 2.71 bits per heavy atom. The minimum Gasteiger partial charge on any atom is -0.496 e. The second-order valence-corrected chi connectivity index (χ2v) is 6.13. The van der Waals surface area contributed by atoms with E-state index in [9.17, 15) is 0 Å². The molecule has 0 aliphatic rings. The third-order valence-corrected chi connectivity index (χ3v) is 4.47. The summed E-state index contributed by atoms with van der Waals surface area (Å²) in [6.07, 6.45) is 0.996. The van der Waals surface area contributed by atoms with Crippen molar-refractivity contribution < 1.29 is 4.74 Å². The van der Waals surface area contributed by atoms with Gasteiger partial charge in [0.15, 0.2) is 0 Å². The van der Waals surface area contributed by atoms with Gasteiger partial charge in [0, 0.05) is 6.54 Å². The van der Waals surface area contributed by atoms with Gasteiger partial charge >= 0.3 is 0 Å². The number of nitrogens with zero attached hydrogens (tertiary/aromatic N) is 1. The topological polar surface area (TPSA) is 34.2 Å². The van der Waals surface area contributed by atoms with E-state index >= 15 is 0 Å². The van der Waals surface area contributed by atoms with Crippen molar-refractivity contribution in [1.82, 2.24) is 4.98 Å². The third kappa shape index (κ3) is 4.19. The molecule has 0 bridgehead atoms. The number of hydrogen-bond donors (Lipinski definition) is 1. The SMILES string of the molecule is CCCNc1nc(Sc2ccccc2OC)c(Cl)cc1Cl. The molecule has 3 nitrogen and oxygen atoms in total. The molecule has 1 aromatic heterocycles. The number of para-hydroxylation sites is 1. The molecule has 112 valence electrons. The van der Waals surface area contributed by atoms with Crippen molar-refractivity contribution >= 4 is 40.8 Å². The summed E-state index contributed by atoms with van der Waals surface area (Å²) in [5.41, 5.74) is 0.